The molecule has 0 aromatic heterocycles. The summed E-state index contributed by atoms with van der Waals surface area (Å²) in [7, 11) is 0. The van der Waals surface area contributed by atoms with E-state index in [0.717, 1.165) is 16.7 Å². The van der Waals surface area contributed by atoms with Crippen LogP contribution in [0.2, 0.25) is 0 Å². The highest BCUT2D eigenvalue weighted by atomic mass is 32.2. The second-order valence-electron chi connectivity index (χ2n) is 5.03. The Bertz CT molecular complexity index is 804. The van der Waals surface area contributed by atoms with Gasteiger partial charge < -0.3 is 5.32 Å². The number of thioether (sulfide) groups is 1. The first-order valence-corrected chi connectivity index (χ1v) is 8.26. The Morgan fingerprint density at radius 2 is 1.58 bits per heavy atom. The first-order valence-electron chi connectivity index (χ1n) is 7.28. The smallest absolute Gasteiger partial charge is 0.271 e. The van der Waals surface area contributed by atoms with Crippen molar-refractivity contribution in [2.24, 2.45) is 0 Å². The summed E-state index contributed by atoms with van der Waals surface area (Å²) in [5, 5.41) is 2.74. The van der Waals surface area contributed by atoms with Crippen LogP contribution >= 0.6 is 11.8 Å². The normalized spacial score (nSPS) is 13.8. The molecule has 0 saturated heterocycles. The second-order valence-corrected chi connectivity index (χ2v) is 6.04. The number of nitrogens with zero attached hydrogens (tertiary/aromatic N) is 1. The first kappa shape index (κ1) is 16.0. The number of hydrogen-bond donors (Lipinski definition) is 1. The van der Waals surface area contributed by atoms with Crippen LogP contribution in [-0.2, 0) is 14.4 Å². The molecule has 5 nitrogen and oxygen atoms in total. The summed E-state index contributed by atoms with van der Waals surface area (Å²) in [6.07, 6.45) is 1.27. The molecule has 6 heteroatoms. The second kappa shape index (κ2) is 7.14. The van der Waals surface area contributed by atoms with Crippen molar-refractivity contribution in [3.8, 4) is 0 Å². The van der Waals surface area contributed by atoms with E-state index in [1.807, 2.05) is 24.3 Å². The minimum absolute atomic E-state index is 0.0579. The molecular formula is C18H14N2O3S. The molecule has 0 fully saturated rings. The Hall–Kier alpha value is -2.86. The third kappa shape index (κ3) is 3.55. The Morgan fingerprint density at radius 1 is 0.958 bits per heavy atom. The molecule has 1 aliphatic rings. The fraction of sp³-hybridized carbons (Fsp3) is 0.0556. The fourth-order valence-corrected chi connectivity index (χ4v) is 2.99. The van der Waals surface area contributed by atoms with E-state index in [2.05, 4.69) is 5.32 Å². The molecule has 24 heavy (non-hydrogen) atoms. The van der Waals surface area contributed by atoms with E-state index >= 15 is 0 Å². The van der Waals surface area contributed by atoms with Gasteiger partial charge in [0.1, 0.15) is 0 Å². The summed E-state index contributed by atoms with van der Waals surface area (Å²) >= 11 is 1.06. The van der Waals surface area contributed by atoms with Crippen molar-refractivity contribution in [1.82, 2.24) is 0 Å². The Balaban J connectivity index is 1.60. The summed E-state index contributed by atoms with van der Waals surface area (Å²) in [6.45, 7) is 0. The highest BCUT2D eigenvalue weighted by Crippen LogP contribution is 2.28. The first-order chi connectivity index (χ1) is 11.6. The summed E-state index contributed by atoms with van der Waals surface area (Å²) in [5.74, 6) is -0.964. The third-order valence-corrected chi connectivity index (χ3v) is 4.33. The molecule has 0 saturated carbocycles. The van der Waals surface area contributed by atoms with Gasteiger partial charge in [0.05, 0.1) is 16.3 Å². The highest BCUT2D eigenvalue weighted by molar-refractivity contribution is 8.04. The zero-order valence-electron chi connectivity index (χ0n) is 12.6. The van der Waals surface area contributed by atoms with E-state index in [0.29, 0.717) is 11.4 Å². The number of hydrogen-bond acceptors (Lipinski definition) is 4. The van der Waals surface area contributed by atoms with Gasteiger partial charge in [-0.3, -0.25) is 14.4 Å². The van der Waals surface area contributed by atoms with E-state index in [1.165, 1.54) is 6.08 Å². The average molecular weight is 338 g/mol. The number of amides is 3. The van der Waals surface area contributed by atoms with Gasteiger partial charge in [-0.15, -0.1) is 11.8 Å². The molecule has 3 rings (SSSR count). The molecule has 0 radical (unpaired) electrons. The minimum Gasteiger partial charge on any atom is -0.325 e. The van der Waals surface area contributed by atoms with Crippen LogP contribution in [0.15, 0.2) is 71.6 Å². The van der Waals surface area contributed by atoms with Crippen LogP contribution in [0.4, 0.5) is 11.4 Å². The quantitative estimate of drug-likeness (QED) is 0.852. The zero-order chi connectivity index (χ0) is 16.9. The molecule has 2 aromatic rings. The monoisotopic (exact) mass is 338 g/mol. The molecule has 1 heterocycles. The highest BCUT2D eigenvalue weighted by Gasteiger charge is 2.32. The van der Waals surface area contributed by atoms with Crippen LogP contribution in [0, 0.1) is 0 Å². The van der Waals surface area contributed by atoms with E-state index in [1.54, 1.807) is 36.4 Å². The molecule has 0 atom stereocenters. The molecule has 0 spiro atoms. The van der Waals surface area contributed by atoms with Gasteiger partial charge in [0.15, 0.2) is 0 Å². The van der Waals surface area contributed by atoms with Crippen LogP contribution in [0.25, 0.3) is 0 Å². The van der Waals surface area contributed by atoms with Crippen molar-refractivity contribution in [2.45, 2.75) is 0 Å². The van der Waals surface area contributed by atoms with Crippen molar-refractivity contribution in [1.29, 1.82) is 0 Å². The van der Waals surface area contributed by atoms with E-state index in [9.17, 15) is 14.4 Å². The van der Waals surface area contributed by atoms with Crippen molar-refractivity contribution in [3.05, 3.63) is 71.6 Å². The average Bonchev–Trinajstić information content (AvgIpc) is 2.88. The number of anilines is 2. The molecule has 0 aliphatic carbocycles. The van der Waals surface area contributed by atoms with E-state index in [-0.39, 0.29) is 16.6 Å². The standard InChI is InChI=1S/C18H14N2O3S/c21-16(19-13-7-3-1-4-8-13)12-24-15-11-17(22)20(18(15)23)14-9-5-2-6-10-14/h1-11H,12H2,(H,19,21). The third-order valence-electron chi connectivity index (χ3n) is 3.32. The van der Waals surface area contributed by atoms with E-state index < -0.39 is 11.8 Å². The van der Waals surface area contributed by atoms with Crippen LogP contribution in [0.1, 0.15) is 0 Å². The van der Waals surface area contributed by atoms with Crippen LogP contribution in [-0.4, -0.2) is 23.5 Å². The maximum absolute atomic E-state index is 12.4. The maximum atomic E-state index is 12.4. The lowest BCUT2D eigenvalue weighted by Gasteiger charge is -2.14. The lowest BCUT2D eigenvalue weighted by Crippen LogP contribution is -2.30. The summed E-state index contributed by atoms with van der Waals surface area (Å²) < 4.78 is 0. The van der Waals surface area contributed by atoms with Gasteiger partial charge in [-0.25, -0.2) is 4.90 Å². The van der Waals surface area contributed by atoms with Gasteiger partial charge in [0.2, 0.25) is 5.91 Å². The predicted molar refractivity (Wildman–Crippen MR) is 94.5 cm³/mol. The Morgan fingerprint density at radius 3 is 2.25 bits per heavy atom. The predicted octanol–water partition coefficient (Wildman–Crippen LogP) is 2.82. The molecule has 2 aromatic carbocycles. The van der Waals surface area contributed by atoms with Crippen molar-refractivity contribution in [2.75, 3.05) is 16.0 Å². The topological polar surface area (TPSA) is 66.5 Å². The van der Waals surface area contributed by atoms with Crippen molar-refractivity contribution >= 4 is 40.9 Å². The van der Waals surface area contributed by atoms with Gasteiger partial charge in [-0.1, -0.05) is 36.4 Å². The number of benzene rings is 2. The SMILES string of the molecule is O=C(CSC1=CC(=O)N(c2ccccc2)C1=O)Nc1ccccc1. The number of imide groups is 1. The van der Waals surface area contributed by atoms with Crippen LogP contribution < -0.4 is 10.2 Å². The molecular weight excluding hydrogens is 324 g/mol. The Labute approximate surface area is 143 Å². The molecule has 0 unspecified atom stereocenters. The summed E-state index contributed by atoms with van der Waals surface area (Å²) in [4.78, 5) is 37.7. The van der Waals surface area contributed by atoms with Gasteiger partial charge in [0, 0.05) is 11.8 Å². The van der Waals surface area contributed by atoms with Crippen LogP contribution in [0.3, 0.4) is 0 Å². The molecule has 1 N–H and O–H groups in total. The minimum atomic E-state index is -0.399. The molecule has 120 valence electrons. The largest absolute Gasteiger partial charge is 0.325 e. The fourth-order valence-electron chi connectivity index (χ4n) is 2.24. The summed E-state index contributed by atoms with van der Waals surface area (Å²) in [6, 6.07) is 17.8. The van der Waals surface area contributed by atoms with Gasteiger partial charge in [-0.05, 0) is 24.3 Å². The molecule has 3 amide bonds. The zero-order valence-corrected chi connectivity index (χ0v) is 13.5. The number of para-hydroxylation sites is 2. The number of carbonyl (C=O) groups excluding carboxylic acids is 3. The number of carbonyl (C=O) groups is 3. The van der Waals surface area contributed by atoms with Gasteiger partial charge >= 0.3 is 0 Å². The number of nitrogens with one attached hydrogen (secondary N) is 1. The van der Waals surface area contributed by atoms with Crippen LogP contribution in [0.5, 0.6) is 0 Å². The number of rotatable bonds is 5. The molecule has 0 bridgehead atoms. The van der Waals surface area contributed by atoms with E-state index in [4.69, 9.17) is 0 Å². The van der Waals surface area contributed by atoms with Crippen molar-refractivity contribution < 1.29 is 14.4 Å². The summed E-state index contributed by atoms with van der Waals surface area (Å²) in [5.41, 5.74) is 1.21. The van der Waals surface area contributed by atoms with Gasteiger partial charge in [-0.2, -0.15) is 0 Å². The van der Waals surface area contributed by atoms with Crippen molar-refractivity contribution in [3.63, 3.8) is 0 Å². The lowest BCUT2D eigenvalue weighted by atomic mass is 10.3. The molecule has 1 aliphatic heterocycles. The maximum Gasteiger partial charge on any atom is 0.271 e. The van der Waals surface area contributed by atoms with Gasteiger partial charge in [0.25, 0.3) is 11.8 Å². The Kier molecular flexibility index (Phi) is 4.77. The lowest BCUT2D eigenvalue weighted by molar-refractivity contribution is -0.120.